The minimum atomic E-state index is -0.375. The number of fused-ring (bicyclic) bond motifs is 10. The molecule has 1 aliphatic heterocycles. The van der Waals surface area contributed by atoms with Gasteiger partial charge in [0.25, 0.3) is 11.8 Å². The quantitative estimate of drug-likeness (QED) is 0.231. The molecule has 2 N–H and O–H groups in total. The number of esters is 1. The number of H-pyrrole nitrogens is 1. The van der Waals surface area contributed by atoms with Gasteiger partial charge < -0.3 is 14.3 Å². The summed E-state index contributed by atoms with van der Waals surface area (Å²) in [6.45, 7) is 1.41. The molecule has 0 fully saturated rings. The zero-order chi connectivity index (χ0) is 23.1. The Hall–Kier alpha value is -4.39. The first-order valence-electron chi connectivity index (χ1n) is 11.2. The standard InChI is InChI=1S/C27H19N3O4/c1-13(31)34-15-11-10-14(12-15)30-19-9-5-3-7-17(19)21-23-22(26(32)29-27(23)33)20-16-6-2-4-8-18(16)28-24(20)25(21)30/h2-11,14-15,28H,12H2,1H3,(H,29,32,33)/t14?,15-/m1/s1. The van der Waals surface area contributed by atoms with E-state index in [1.54, 1.807) is 0 Å². The van der Waals surface area contributed by atoms with E-state index in [1.165, 1.54) is 6.92 Å². The predicted molar refractivity (Wildman–Crippen MR) is 129 cm³/mol. The summed E-state index contributed by atoms with van der Waals surface area (Å²) >= 11 is 0. The van der Waals surface area contributed by atoms with E-state index in [9.17, 15) is 14.4 Å². The van der Waals surface area contributed by atoms with Crippen molar-refractivity contribution in [3.05, 3.63) is 71.8 Å². The minimum Gasteiger partial charge on any atom is -0.458 e. The molecule has 2 amide bonds. The van der Waals surface area contributed by atoms with Gasteiger partial charge in [-0.2, -0.15) is 0 Å². The first kappa shape index (κ1) is 19.1. The van der Waals surface area contributed by atoms with Crippen LogP contribution >= 0.6 is 0 Å². The summed E-state index contributed by atoms with van der Waals surface area (Å²) in [5.74, 6) is -1.06. The third-order valence-corrected chi connectivity index (χ3v) is 6.96. The molecule has 0 saturated heterocycles. The summed E-state index contributed by atoms with van der Waals surface area (Å²) in [7, 11) is 0. The number of carbonyl (C=O) groups excluding carboxylic acids is 3. The SMILES string of the molecule is CC(=O)O[C@@H]1C=CC(n2c3ccccc3c3c4c(c5c6ccccc6[nH]c5c32)C(=O)NC4=O)C1. The van der Waals surface area contributed by atoms with Crippen molar-refractivity contribution in [2.75, 3.05) is 0 Å². The molecule has 2 atom stereocenters. The predicted octanol–water partition coefficient (Wildman–Crippen LogP) is 4.75. The highest BCUT2D eigenvalue weighted by Crippen LogP contribution is 2.45. The number of benzene rings is 3. The van der Waals surface area contributed by atoms with Crippen molar-refractivity contribution >= 4 is 61.4 Å². The van der Waals surface area contributed by atoms with Gasteiger partial charge in [-0.15, -0.1) is 0 Å². The summed E-state index contributed by atoms with van der Waals surface area (Å²) < 4.78 is 7.66. The summed E-state index contributed by atoms with van der Waals surface area (Å²) in [5.41, 5.74) is 4.39. The van der Waals surface area contributed by atoms with Crippen molar-refractivity contribution in [2.24, 2.45) is 0 Å². The van der Waals surface area contributed by atoms with Crippen LogP contribution in [0.5, 0.6) is 0 Å². The second-order valence-electron chi connectivity index (χ2n) is 8.90. The average molecular weight is 449 g/mol. The fraction of sp³-hybridized carbons (Fsp3) is 0.148. The second kappa shape index (κ2) is 6.57. The van der Waals surface area contributed by atoms with Crippen LogP contribution in [0.1, 0.15) is 40.1 Å². The molecule has 2 aliphatic rings. The summed E-state index contributed by atoms with van der Waals surface area (Å²) in [5, 5.41) is 5.84. The van der Waals surface area contributed by atoms with Crippen LogP contribution in [0.4, 0.5) is 0 Å². The lowest BCUT2D eigenvalue weighted by Gasteiger charge is -2.17. The van der Waals surface area contributed by atoms with Crippen LogP contribution in [0.25, 0.3) is 43.6 Å². The van der Waals surface area contributed by atoms with Crippen LogP contribution in [0.3, 0.4) is 0 Å². The molecule has 7 rings (SSSR count). The number of hydrogen-bond donors (Lipinski definition) is 2. The Kier molecular flexibility index (Phi) is 3.69. The van der Waals surface area contributed by atoms with E-state index in [2.05, 4.69) is 14.9 Å². The third kappa shape index (κ3) is 2.38. The first-order chi connectivity index (χ1) is 16.5. The Morgan fingerprint density at radius 1 is 0.941 bits per heavy atom. The van der Waals surface area contributed by atoms with E-state index in [4.69, 9.17) is 4.74 Å². The number of imide groups is 1. The lowest BCUT2D eigenvalue weighted by Crippen LogP contribution is -2.20. The van der Waals surface area contributed by atoms with E-state index in [0.717, 1.165) is 43.6 Å². The van der Waals surface area contributed by atoms with Gasteiger partial charge in [-0.1, -0.05) is 42.5 Å². The monoisotopic (exact) mass is 449 g/mol. The van der Waals surface area contributed by atoms with Crippen molar-refractivity contribution in [1.82, 2.24) is 14.9 Å². The molecule has 0 radical (unpaired) electrons. The Labute approximate surface area is 193 Å². The molecule has 7 nitrogen and oxygen atoms in total. The van der Waals surface area contributed by atoms with E-state index in [-0.39, 0.29) is 29.9 Å². The first-order valence-corrected chi connectivity index (χ1v) is 11.2. The highest BCUT2D eigenvalue weighted by atomic mass is 16.5. The van der Waals surface area contributed by atoms with Crippen molar-refractivity contribution in [1.29, 1.82) is 0 Å². The highest BCUT2D eigenvalue weighted by molar-refractivity contribution is 6.39. The second-order valence-corrected chi connectivity index (χ2v) is 8.90. The van der Waals surface area contributed by atoms with Gasteiger partial charge in [-0.25, -0.2) is 0 Å². The number of allylic oxidation sites excluding steroid dienone is 1. The molecule has 34 heavy (non-hydrogen) atoms. The maximum Gasteiger partial charge on any atom is 0.303 e. The number of carbonyl (C=O) groups is 3. The normalized spacial score (nSPS) is 19.6. The topological polar surface area (TPSA) is 93.2 Å². The lowest BCUT2D eigenvalue weighted by atomic mass is 9.96. The van der Waals surface area contributed by atoms with E-state index in [1.807, 2.05) is 60.7 Å². The van der Waals surface area contributed by atoms with E-state index in [0.29, 0.717) is 17.5 Å². The molecule has 7 heteroatoms. The van der Waals surface area contributed by atoms with Gasteiger partial charge >= 0.3 is 5.97 Å². The Morgan fingerprint density at radius 2 is 1.65 bits per heavy atom. The number of hydrogen-bond acceptors (Lipinski definition) is 4. The van der Waals surface area contributed by atoms with Crippen molar-refractivity contribution < 1.29 is 19.1 Å². The fourth-order valence-electron chi connectivity index (χ4n) is 5.76. The van der Waals surface area contributed by atoms with E-state index < -0.39 is 0 Å². The summed E-state index contributed by atoms with van der Waals surface area (Å²) in [4.78, 5) is 41.2. The molecule has 1 unspecified atom stereocenters. The number of nitrogens with zero attached hydrogens (tertiary/aromatic N) is 1. The Balaban J connectivity index is 1.67. The minimum absolute atomic E-state index is 0.0837. The molecule has 0 saturated carbocycles. The maximum absolute atomic E-state index is 13.1. The van der Waals surface area contributed by atoms with Crippen molar-refractivity contribution in [3.63, 3.8) is 0 Å². The number of para-hydroxylation sites is 2. The molecule has 0 spiro atoms. The van der Waals surface area contributed by atoms with Gasteiger partial charge in [0, 0.05) is 45.9 Å². The zero-order valence-corrected chi connectivity index (χ0v) is 18.2. The largest absolute Gasteiger partial charge is 0.458 e. The smallest absolute Gasteiger partial charge is 0.303 e. The molecular weight excluding hydrogens is 430 g/mol. The number of amides is 2. The molecule has 5 aromatic rings. The van der Waals surface area contributed by atoms with Gasteiger partial charge in [0.05, 0.1) is 28.2 Å². The number of aromatic amines is 1. The molecule has 0 bridgehead atoms. The molecule has 1 aliphatic carbocycles. The highest BCUT2D eigenvalue weighted by Gasteiger charge is 2.37. The van der Waals surface area contributed by atoms with Crippen LogP contribution in [-0.2, 0) is 9.53 Å². The van der Waals surface area contributed by atoms with Crippen LogP contribution in [0, 0.1) is 0 Å². The van der Waals surface area contributed by atoms with Gasteiger partial charge in [0.15, 0.2) is 0 Å². The third-order valence-electron chi connectivity index (χ3n) is 6.96. The molecule has 3 heterocycles. The van der Waals surface area contributed by atoms with Gasteiger partial charge in [-0.3, -0.25) is 19.7 Å². The van der Waals surface area contributed by atoms with Crippen LogP contribution < -0.4 is 5.32 Å². The number of rotatable bonds is 2. The van der Waals surface area contributed by atoms with Crippen LogP contribution in [-0.4, -0.2) is 33.4 Å². The molecule has 2 aromatic heterocycles. The zero-order valence-electron chi connectivity index (χ0n) is 18.2. The van der Waals surface area contributed by atoms with Gasteiger partial charge in [-0.05, 0) is 18.2 Å². The molecular formula is C27H19N3O4. The van der Waals surface area contributed by atoms with Gasteiger partial charge in [0.2, 0.25) is 0 Å². The Morgan fingerprint density at radius 3 is 2.44 bits per heavy atom. The molecule has 3 aromatic carbocycles. The summed E-state index contributed by atoms with van der Waals surface area (Å²) in [6.07, 6.45) is 4.25. The number of aromatic nitrogens is 2. The summed E-state index contributed by atoms with van der Waals surface area (Å²) in [6, 6.07) is 15.7. The van der Waals surface area contributed by atoms with Gasteiger partial charge in [0.1, 0.15) is 6.10 Å². The van der Waals surface area contributed by atoms with Crippen LogP contribution in [0.15, 0.2) is 60.7 Å². The average Bonchev–Trinajstić information content (AvgIpc) is 3.55. The fourth-order valence-corrected chi connectivity index (χ4v) is 5.76. The van der Waals surface area contributed by atoms with E-state index >= 15 is 0 Å². The number of ether oxygens (including phenoxy) is 1. The maximum atomic E-state index is 13.1. The molecule has 166 valence electrons. The number of nitrogens with one attached hydrogen (secondary N) is 2. The van der Waals surface area contributed by atoms with Crippen molar-refractivity contribution in [3.8, 4) is 0 Å². The Bertz CT molecular complexity index is 1770. The van der Waals surface area contributed by atoms with Crippen LogP contribution in [0.2, 0.25) is 0 Å². The lowest BCUT2D eigenvalue weighted by molar-refractivity contribution is -0.144. The van der Waals surface area contributed by atoms with Crippen molar-refractivity contribution in [2.45, 2.75) is 25.5 Å².